The van der Waals surface area contributed by atoms with E-state index in [0.29, 0.717) is 0 Å². The minimum Gasteiger partial charge on any atom is -0.741 e. The molecular weight excluding hydrogens is 230 g/mol. The van der Waals surface area contributed by atoms with Crippen LogP contribution in [0.3, 0.4) is 0 Å². The molecule has 0 bridgehead atoms. The van der Waals surface area contributed by atoms with Gasteiger partial charge in [0.1, 0.15) is 0 Å². The molecule has 0 saturated carbocycles. The van der Waals surface area contributed by atoms with Crippen LogP contribution in [0.25, 0.3) is 0 Å². The molecule has 0 saturated heterocycles. The first-order valence-corrected chi connectivity index (χ1v) is 2.68. The first-order chi connectivity index (χ1) is 3.25. The fourth-order valence-electron chi connectivity index (χ4n) is 0. The third-order valence-corrected chi connectivity index (χ3v) is 0.850. The van der Waals surface area contributed by atoms with Crippen LogP contribution in [0.1, 0.15) is 0 Å². The Morgan fingerprint density at radius 3 is 1.30 bits per heavy atom. The van der Waals surface area contributed by atoms with Crippen LogP contribution < -0.4 is 0 Å². The molecule has 4 nitrogen and oxygen atoms in total. The summed E-state index contributed by atoms with van der Waals surface area (Å²) in [7, 11) is -6.09. The van der Waals surface area contributed by atoms with Crippen molar-refractivity contribution in [2.75, 3.05) is 0 Å². The monoisotopic (exact) mass is 231 g/mol. The van der Waals surface area contributed by atoms with Gasteiger partial charge < -0.3 is 10.0 Å². The molecule has 0 atom stereocenters. The number of hydrogen-bond acceptors (Lipinski definition) is 3. The van der Waals surface area contributed by atoms with Gasteiger partial charge in [0.05, 0.1) is 0 Å². The molecule has 10 heavy (non-hydrogen) atoms. The van der Waals surface area contributed by atoms with Crippen molar-refractivity contribution in [2.24, 2.45) is 0 Å². The van der Waals surface area contributed by atoms with Gasteiger partial charge in [-0.05, 0) is 0 Å². The number of hydrogen-bond donors (Lipinski definition) is 0. The SMILES string of the molecule is O.O=S(=O)([O-])C(F)(F)F.[Zn+2]. The van der Waals surface area contributed by atoms with Gasteiger partial charge in [0.2, 0.25) is 0 Å². The molecule has 0 radical (unpaired) electrons. The Bertz CT molecular complexity index is 169. The van der Waals surface area contributed by atoms with Crippen LogP contribution in [0.5, 0.6) is 0 Å². The van der Waals surface area contributed by atoms with Crippen LogP contribution in [0, 0.1) is 0 Å². The van der Waals surface area contributed by atoms with E-state index in [1.54, 1.807) is 0 Å². The Morgan fingerprint density at radius 1 is 1.20 bits per heavy atom. The second-order valence-electron chi connectivity index (χ2n) is 0.900. The predicted octanol–water partition coefficient (Wildman–Crippen LogP) is -0.776. The molecule has 0 rings (SSSR count). The van der Waals surface area contributed by atoms with Gasteiger partial charge in [0.15, 0.2) is 10.1 Å². The average molecular weight is 232 g/mol. The molecule has 0 aromatic heterocycles. The molecule has 0 aliphatic carbocycles. The fraction of sp³-hybridized carbons (Fsp3) is 1.00. The molecular formula is CH2F3O4SZn+. The van der Waals surface area contributed by atoms with Crippen molar-refractivity contribution in [2.45, 2.75) is 5.51 Å². The number of alkyl halides is 3. The largest absolute Gasteiger partial charge is 2.00 e. The van der Waals surface area contributed by atoms with Crippen LogP contribution in [-0.4, -0.2) is 24.0 Å². The normalized spacial score (nSPS) is 11.2. The third-order valence-electron chi connectivity index (χ3n) is 0.283. The van der Waals surface area contributed by atoms with Crippen molar-refractivity contribution in [1.82, 2.24) is 0 Å². The van der Waals surface area contributed by atoms with Gasteiger partial charge in [-0.25, -0.2) is 8.42 Å². The topological polar surface area (TPSA) is 88.7 Å². The molecule has 0 aromatic carbocycles. The molecule has 2 N–H and O–H groups in total. The van der Waals surface area contributed by atoms with Gasteiger partial charge in [0.25, 0.3) is 0 Å². The maximum atomic E-state index is 10.7. The summed E-state index contributed by atoms with van der Waals surface area (Å²) in [6, 6.07) is 0. The maximum Gasteiger partial charge on any atom is 2.00 e. The molecule has 0 aromatic rings. The van der Waals surface area contributed by atoms with Gasteiger partial charge in [0, 0.05) is 0 Å². The van der Waals surface area contributed by atoms with E-state index in [4.69, 9.17) is 13.0 Å². The summed E-state index contributed by atoms with van der Waals surface area (Å²) >= 11 is 0. The minimum atomic E-state index is -6.09. The molecule has 58 valence electrons. The van der Waals surface area contributed by atoms with E-state index in [0.717, 1.165) is 0 Å². The Morgan fingerprint density at radius 2 is 1.30 bits per heavy atom. The van der Waals surface area contributed by atoms with Gasteiger partial charge in [-0.15, -0.1) is 0 Å². The summed E-state index contributed by atoms with van der Waals surface area (Å²) in [5.74, 6) is 0. The van der Waals surface area contributed by atoms with Crippen molar-refractivity contribution in [1.29, 1.82) is 0 Å². The van der Waals surface area contributed by atoms with Crippen LogP contribution in [0.15, 0.2) is 0 Å². The van der Waals surface area contributed by atoms with Gasteiger partial charge in [-0.2, -0.15) is 13.2 Å². The predicted molar refractivity (Wildman–Crippen MR) is 19.4 cm³/mol. The van der Waals surface area contributed by atoms with Gasteiger partial charge in [-0.1, -0.05) is 0 Å². The zero-order chi connectivity index (χ0) is 7.00. The molecule has 0 aliphatic heterocycles. The number of halogens is 3. The molecule has 0 unspecified atom stereocenters. The van der Waals surface area contributed by atoms with Crippen molar-refractivity contribution >= 4 is 10.1 Å². The molecule has 0 aliphatic rings. The molecule has 0 amide bonds. The first-order valence-electron chi connectivity index (χ1n) is 1.27. The Kier molecular flexibility index (Phi) is 7.05. The smallest absolute Gasteiger partial charge is 0.741 e. The van der Waals surface area contributed by atoms with Crippen molar-refractivity contribution in [3.63, 3.8) is 0 Å². The molecule has 0 heterocycles. The maximum absolute atomic E-state index is 10.7. The van der Waals surface area contributed by atoms with Gasteiger partial charge >= 0.3 is 25.0 Å². The summed E-state index contributed by atoms with van der Waals surface area (Å²) < 4.78 is 58.9. The second-order valence-corrected chi connectivity index (χ2v) is 2.27. The number of rotatable bonds is 0. The zero-order valence-electron chi connectivity index (χ0n) is 4.47. The van der Waals surface area contributed by atoms with Crippen LogP contribution in [-0.2, 0) is 29.6 Å². The first kappa shape index (κ1) is 16.7. The Hall–Kier alpha value is 0.283. The van der Waals surface area contributed by atoms with E-state index in [2.05, 4.69) is 0 Å². The van der Waals surface area contributed by atoms with Gasteiger partial charge in [-0.3, -0.25) is 0 Å². The Balaban J connectivity index is -0.000000245. The minimum absolute atomic E-state index is 0. The van der Waals surface area contributed by atoms with E-state index in [9.17, 15) is 13.2 Å². The van der Waals surface area contributed by atoms with Crippen LogP contribution in [0.4, 0.5) is 13.2 Å². The van der Waals surface area contributed by atoms with Crippen LogP contribution in [0.2, 0.25) is 0 Å². The van der Waals surface area contributed by atoms with Crippen molar-refractivity contribution in [3.05, 3.63) is 0 Å². The van der Waals surface area contributed by atoms with E-state index >= 15 is 0 Å². The van der Waals surface area contributed by atoms with E-state index < -0.39 is 15.6 Å². The summed E-state index contributed by atoms with van der Waals surface area (Å²) in [5.41, 5.74) is -5.65. The van der Waals surface area contributed by atoms with Crippen molar-refractivity contribution < 1.29 is 51.1 Å². The molecule has 9 heteroatoms. The zero-order valence-corrected chi connectivity index (χ0v) is 8.26. The van der Waals surface area contributed by atoms with Crippen molar-refractivity contribution in [3.8, 4) is 0 Å². The van der Waals surface area contributed by atoms with Crippen LogP contribution >= 0.6 is 0 Å². The Labute approximate surface area is 67.2 Å². The molecule has 0 fully saturated rings. The summed E-state index contributed by atoms with van der Waals surface area (Å²) in [4.78, 5) is 0. The fourth-order valence-corrected chi connectivity index (χ4v) is 0. The summed E-state index contributed by atoms with van der Waals surface area (Å²) in [6.07, 6.45) is 0. The second kappa shape index (κ2) is 4.22. The molecule has 0 spiro atoms. The summed E-state index contributed by atoms with van der Waals surface area (Å²) in [5, 5.41) is 0. The summed E-state index contributed by atoms with van der Waals surface area (Å²) in [6.45, 7) is 0. The third kappa shape index (κ3) is 5.10. The van der Waals surface area contributed by atoms with E-state index in [1.807, 2.05) is 0 Å². The van der Waals surface area contributed by atoms with E-state index in [1.165, 1.54) is 0 Å². The van der Waals surface area contributed by atoms with E-state index in [-0.39, 0.29) is 25.0 Å². The average Bonchev–Trinajstić information content (AvgIpc) is 1.25. The standard InChI is InChI=1S/CHF3O3S.H2O.Zn/c2-1(3,4)8(5,6)7;;/h(H,5,6,7);1H2;/q;;+2/p-1. The quantitative estimate of drug-likeness (QED) is 0.312.